The van der Waals surface area contributed by atoms with E-state index in [1.807, 2.05) is 38.1 Å². The average Bonchev–Trinajstić information content (AvgIpc) is 2.86. The summed E-state index contributed by atoms with van der Waals surface area (Å²) in [7, 11) is 3.56. The molecule has 1 fully saturated rings. The van der Waals surface area contributed by atoms with Crippen molar-refractivity contribution in [1.29, 1.82) is 0 Å². The first kappa shape index (κ1) is 27.9. The summed E-state index contributed by atoms with van der Waals surface area (Å²) in [4.78, 5) is 36.0. The molecular formula is C26H37N5O4. The number of likely N-dealkylation sites (N-methyl/N-ethyl adjacent to an activating group) is 1. The second kappa shape index (κ2) is 14.9. The second-order valence-electron chi connectivity index (χ2n) is 8.54. The highest BCUT2D eigenvalue weighted by Crippen LogP contribution is 2.23. The molecule has 1 N–H and O–H groups in total. The number of methoxy groups -OCH3 is 1. The van der Waals surface area contributed by atoms with E-state index in [0.717, 1.165) is 42.9 Å². The molecule has 2 heterocycles. The minimum atomic E-state index is -0.454. The molecule has 0 amide bonds. The molecule has 0 saturated carbocycles. The van der Waals surface area contributed by atoms with Gasteiger partial charge in [-0.25, -0.2) is 14.8 Å². The van der Waals surface area contributed by atoms with Gasteiger partial charge in [-0.3, -0.25) is 9.69 Å². The van der Waals surface area contributed by atoms with E-state index < -0.39 is 6.04 Å². The Bertz CT molecular complexity index is 987. The highest BCUT2D eigenvalue weighted by atomic mass is 16.5. The first-order valence-corrected chi connectivity index (χ1v) is 11.7. The Morgan fingerprint density at radius 2 is 1.91 bits per heavy atom. The lowest BCUT2D eigenvalue weighted by molar-refractivity contribution is -0.142. The molecule has 1 aromatic carbocycles. The number of aldehydes is 1. The summed E-state index contributed by atoms with van der Waals surface area (Å²) in [6.07, 6.45) is 5.29. The molecule has 1 aliphatic heterocycles. The van der Waals surface area contributed by atoms with Gasteiger partial charge in [-0.15, -0.1) is 0 Å². The zero-order chi connectivity index (χ0) is 25.6. The minimum absolute atomic E-state index is 0.0762. The van der Waals surface area contributed by atoms with Crippen molar-refractivity contribution in [2.75, 3.05) is 52.3 Å². The van der Waals surface area contributed by atoms with Crippen LogP contribution >= 0.6 is 0 Å². The third kappa shape index (κ3) is 9.11. The molecule has 9 nitrogen and oxygen atoms in total. The summed E-state index contributed by atoms with van der Waals surface area (Å²) in [6, 6.07) is 7.44. The summed E-state index contributed by atoms with van der Waals surface area (Å²) in [5.74, 6) is 1.25. The fourth-order valence-corrected chi connectivity index (χ4v) is 3.49. The molecule has 2 aromatic rings. The number of carbonyl (C=O) groups excluding carboxylic acids is 2. The van der Waals surface area contributed by atoms with Crippen LogP contribution in [0.4, 0.5) is 5.82 Å². The number of para-hydroxylation sites is 1. The molecule has 0 radical (unpaired) electrons. The number of hydrogen-bond donors (Lipinski definition) is 1. The van der Waals surface area contributed by atoms with Gasteiger partial charge < -0.3 is 19.7 Å². The number of hydrogen-bond acceptors (Lipinski definition) is 9. The number of benzene rings is 1. The van der Waals surface area contributed by atoms with Gasteiger partial charge in [-0.1, -0.05) is 38.6 Å². The number of piperazine rings is 1. The Hall–Kier alpha value is -3.30. The van der Waals surface area contributed by atoms with Gasteiger partial charge in [0.1, 0.15) is 24.3 Å². The fraction of sp³-hybridized carbons (Fsp3) is 0.462. The van der Waals surface area contributed by atoms with Gasteiger partial charge in [-0.05, 0) is 31.2 Å². The maximum Gasteiger partial charge on any atom is 0.328 e. The summed E-state index contributed by atoms with van der Waals surface area (Å²) >= 11 is 0. The van der Waals surface area contributed by atoms with Crippen molar-refractivity contribution in [2.45, 2.75) is 26.4 Å². The van der Waals surface area contributed by atoms with Crippen LogP contribution in [0.25, 0.3) is 10.9 Å². The van der Waals surface area contributed by atoms with Gasteiger partial charge in [0.2, 0.25) is 0 Å². The quantitative estimate of drug-likeness (QED) is 0.180. The topological polar surface area (TPSA) is 96.9 Å². The number of anilines is 1. The van der Waals surface area contributed by atoms with E-state index in [9.17, 15) is 9.59 Å². The molecule has 9 heteroatoms. The van der Waals surface area contributed by atoms with Gasteiger partial charge in [0.25, 0.3) is 0 Å². The summed E-state index contributed by atoms with van der Waals surface area (Å²) in [6.45, 7) is 12.3. The number of nitrogens with one attached hydrogen (secondary N) is 1. The van der Waals surface area contributed by atoms with Gasteiger partial charge in [0.15, 0.2) is 6.29 Å². The largest absolute Gasteiger partial charge is 0.494 e. The molecule has 0 bridgehead atoms. The third-order valence-corrected chi connectivity index (χ3v) is 5.50. The van der Waals surface area contributed by atoms with Gasteiger partial charge in [0, 0.05) is 31.6 Å². The van der Waals surface area contributed by atoms with E-state index >= 15 is 0 Å². The molecule has 1 aromatic heterocycles. The first-order chi connectivity index (χ1) is 16.9. The molecule has 1 aliphatic rings. The number of nitrogens with zero attached hydrogens (tertiary/aromatic N) is 4. The summed E-state index contributed by atoms with van der Waals surface area (Å²) in [5.41, 5.74) is 0.881. The highest BCUT2D eigenvalue weighted by molar-refractivity contribution is 5.91. The van der Waals surface area contributed by atoms with Crippen LogP contribution in [0.2, 0.25) is 0 Å². The van der Waals surface area contributed by atoms with E-state index in [4.69, 9.17) is 14.7 Å². The van der Waals surface area contributed by atoms with Crippen molar-refractivity contribution in [3.8, 4) is 0 Å². The molecule has 0 spiro atoms. The first-order valence-electron chi connectivity index (χ1n) is 11.7. The summed E-state index contributed by atoms with van der Waals surface area (Å²) < 4.78 is 9.57. The number of aromatic nitrogens is 2. The van der Waals surface area contributed by atoms with Crippen LogP contribution < -0.4 is 5.32 Å². The van der Waals surface area contributed by atoms with E-state index in [-0.39, 0.29) is 18.5 Å². The summed E-state index contributed by atoms with van der Waals surface area (Å²) in [5, 5.41) is 4.22. The number of rotatable bonds is 10. The van der Waals surface area contributed by atoms with Crippen molar-refractivity contribution < 1.29 is 19.1 Å². The molecule has 190 valence electrons. The van der Waals surface area contributed by atoms with Crippen LogP contribution in [-0.2, 0) is 25.6 Å². The standard InChI is InChI=1S/C20H29N5O2.C6H8O2/c1-14(2)18(20(26)27-4)23-19-15-7-5-6-8-16(15)21-17(22-19)13-25-11-9-24(3)10-12-25;1-2-3-5-8-6-4-7/h5-8,14,18H,9-13H2,1-4H3,(H,21,22,23);2-5H,1,6H2/b;5-3-. The van der Waals surface area contributed by atoms with Crippen LogP contribution in [0.15, 0.2) is 49.3 Å². The Morgan fingerprint density at radius 1 is 1.20 bits per heavy atom. The van der Waals surface area contributed by atoms with Crippen LogP contribution in [0.5, 0.6) is 0 Å². The molecule has 1 unspecified atom stereocenters. The normalized spacial score (nSPS) is 15.3. The predicted octanol–water partition coefficient (Wildman–Crippen LogP) is 2.89. The van der Waals surface area contributed by atoms with Crippen molar-refractivity contribution >= 4 is 29.0 Å². The van der Waals surface area contributed by atoms with E-state index in [1.165, 1.54) is 13.4 Å². The zero-order valence-corrected chi connectivity index (χ0v) is 21.1. The Kier molecular flexibility index (Phi) is 11.9. The van der Waals surface area contributed by atoms with Gasteiger partial charge in [0.05, 0.1) is 25.4 Å². The smallest absolute Gasteiger partial charge is 0.328 e. The molecule has 1 saturated heterocycles. The van der Waals surface area contributed by atoms with Crippen LogP contribution in [0.3, 0.4) is 0 Å². The van der Waals surface area contributed by atoms with Crippen LogP contribution in [0, 0.1) is 5.92 Å². The molecule has 3 rings (SSSR count). The monoisotopic (exact) mass is 483 g/mol. The number of carbonyl (C=O) groups is 2. The number of ether oxygens (including phenoxy) is 2. The number of esters is 1. The van der Waals surface area contributed by atoms with Gasteiger partial charge in [-0.2, -0.15) is 0 Å². The van der Waals surface area contributed by atoms with E-state index in [0.29, 0.717) is 18.6 Å². The number of allylic oxidation sites excluding steroid dienone is 2. The van der Waals surface area contributed by atoms with Gasteiger partial charge >= 0.3 is 5.97 Å². The van der Waals surface area contributed by atoms with Crippen LogP contribution in [0.1, 0.15) is 19.7 Å². The van der Waals surface area contributed by atoms with Crippen molar-refractivity contribution in [1.82, 2.24) is 19.8 Å². The lowest BCUT2D eigenvalue weighted by Gasteiger charge is -2.31. The Morgan fingerprint density at radius 3 is 2.54 bits per heavy atom. The molecule has 35 heavy (non-hydrogen) atoms. The van der Waals surface area contributed by atoms with Crippen LogP contribution in [-0.4, -0.2) is 85.0 Å². The van der Waals surface area contributed by atoms with Crippen molar-refractivity contribution in [3.63, 3.8) is 0 Å². The fourth-order valence-electron chi connectivity index (χ4n) is 3.49. The van der Waals surface area contributed by atoms with Crippen molar-refractivity contribution in [3.05, 3.63) is 55.1 Å². The maximum absolute atomic E-state index is 12.2. The average molecular weight is 484 g/mol. The molecular weight excluding hydrogens is 446 g/mol. The highest BCUT2D eigenvalue weighted by Gasteiger charge is 2.25. The lowest BCUT2D eigenvalue weighted by atomic mass is 10.0. The van der Waals surface area contributed by atoms with E-state index in [1.54, 1.807) is 12.2 Å². The minimum Gasteiger partial charge on any atom is -0.494 e. The third-order valence-electron chi connectivity index (χ3n) is 5.50. The van der Waals surface area contributed by atoms with E-state index in [2.05, 4.69) is 33.5 Å². The zero-order valence-electron chi connectivity index (χ0n) is 21.1. The molecule has 1 atom stereocenters. The predicted molar refractivity (Wildman–Crippen MR) is 138 cm³/mol. The maximum atomic E-state index is 12.2. The lowest BCUT2D eigenvalue weighted by Crippen LogP contribution is -2.44. The molecule has 0 aliphatic carbocycles. The Balaban J connectivity index is 0.000000466. The number of fused-ring (bicyclic) bond motifs is 1. The van der Waals surface area contributed by atoms with Crippen molar-refractivity contribution in [2.24, 2.45) is 5.92 Å². The Labute approximate surface area is 207 Å². The second-order valence-corrected chi connectivity index (χ2v) is 8.54. The SMILES string of the molecule is C=C/C=C\OCC=O.COC(=O)C(Nc1nc(CN2CCN(C)CC2)nc2ccccc12)C(C)C.